The second-order valence-electron chi connectivity index (χ2n) is 5.75. The molecule has 1 fully saturated rings. The summed E-state index contributed by atoms with van der Waals surface area (Å²) in [7, 11) is 1.91. The lowest BCUT2D eigenvalue weighted by atomic mass is 9.91. The monoisotopic (exact) mass is 276 g/mol. The number of hydrogen-bond acceptors (Lipinski definition) is 3. The Morgan fingerprint density at radius 3 is 2.60 bits per heavy atom. The van der Waals surface area contributed by atoms with E-state index in [1.165, 1.54) is 5.56 Å². The van der Waals surface area contributed by atoms with Crippen molar-refractivity contribution < 1.29 is 9.90 Å². The molecule has 0 heterocycles. The van der Waals surface area contributed by atoms with Crippen LogP contribution in [0.15, 0.2) is 24.3 Å². The third kappa shape index (κ3) is 4.05. The molecular formula is C16H24N2O2. The van der Waals surface area contributed by atoms with Gasteiger partial charge in [0, 0.05) is 11.7 Å². The summed E-state index contributed by atoms with van der Waals surface area (Å²) >= 11 is 0. The van der Waals surface area contributed by atoms with Crippen LogP contribution < -0.4 is 5.32 Å². The van der Waals surface area contributed by atoms with E-state index in [2.05, 4.69) is 5.32 Å². The quantitative estimate of drug-likeness (QED) is 0.886. The van der Waals surface area contributed by atoms with Gasteiger partial charge in [-0.25, -0.2) is 0 Å². The van der Waals surface area contributed by atoms with Gasteiger partial charge in [-0.1, -0.05) is 30.5 Å². The normalized spacial score (nSPS) is 22.8. The number of anilines is 1. The molecule has 2 unspecified atom stereocenters. The van der Waals surface area contributed by atoms with Crippen LogP contribution in [0.3, 0.4) is 0 Å². The number of nitrogens with zero attached hydrogens (tertiary/aromatic N) is 1. The standard InChI is InChI=1S/C16H24N2O2/c1-12-7-9-13(10-8-12)17-16(20)11-18(2)14-5-3-4-6-15(14)19/h7-10,14-15,19H,3-6,11H2,1-2H3,(H,17,20). The highest BCUT2D eigenvalue weighted by Crippen LogP contribution is 2.22. The van der Waals surface area contributed by atoms with Crippen molar-refractivity contribution in [2.45, 2.75) is 44.8 Å². The van der Waals surface area contributed by atoms with E-state index in [0.717, 1.165) is 31.4 Å². The van der Waals surface area contributed by atoms with E-state index in [0.29, 0.717) is 6.54 Å². The molecule has 2 atom stereocenters. The number of hydrogen-bond donors (Lipinski definition) is 2. The zero-order valence-corrected chi connectivity index (χ0v) is 12.3. The molecule has 1 amide bonds. The lowest BCUT2D eigenvalue weighted by Crippen LogP contribution is -2.46. The lowest BCUT2D eigenvalue weighted by Gasteiger charge is -2.34. The Labute approximate surface area is 120 Å². The van der Waals surface area contributed by atoms with E-state index in [-0.39, 0.29) is 18.1 Å². The molecule has 110 valence electrons. The van der Waals surface area contributed by atoms with E-state index in [4.69, 9.17) is 0 Å². The van der Waals surface area contributed by atoms with E-state index in [9.17, 15) is 9.90 Å². The average Bonchev–Trinajstić information content (AvgIpc) is 2.41. The predicted octanol–water partition coefficient (Wildman–Crippen LogP) is 2.17. The Bertz CT molecular complexity index is 444. The van der Waals surface area contributed by atoms with Gasteiger partial charge < -0.3 is 10.4 Å². The number of rotatable bonds is 4. The summed E-state index contributed by atoms with van der Waals surface area (Å²) in [6, 6.07) is 7.87. The number of amides is 1. The molecule has 0 bridgehead atoms. The molecule has 0 aromatic heterocycles. The molecule has 2 rings (SSSR count). The van der Waals surface area contributed by atoms with Crippen LogP contribution in [0.2, 0.25) is 0 Å². The Balaban J connectivity index is 1.85. The minimum absolute atomic E-state index is 0.0332. The van der Waals surface area contributed by atoms with Crippen molar-refractivity contribution in [3.05, 3.63) is 29.8 Å². The zero-order valence-electron chi connectivity index (χ0n) is 12.3. The molecule has 4 nitrogen and oxygen atoms in total. The molecule has 20 heavy (non-hydrogen) atoms. The fourth-order valence-corrected chi connectivity index (χ4v) is 2.79. The number of nitrogens with one attached hydrogen (secondary N) is 1. The molecule has 1 aromatic rings. The first-order valence-corrected chi connectivity index (χ1v) is 7.31. The molecule has 0 saturated heterocycles. The molecule has 2 N–H and O–H groups in total. The summed E-state index contributed by atoms with van der Waals surface area (Å²) in [6.45, 7) is 2.33. The largest absolute Gasteiger partial charge is 0.391 e. The van der Waals surface area contributed by atoms with E-state index in [1.807, 2.05) is 43.1 Å². The minimum Gasteiger partial charge on any atom is -0.391 e. The first kappa shape index (κ1) is 15.0. The Morgan fingerprint density at radius 2 is 1.95 bits per heavy atom. The number of aliphatic hydroxyl groups excluding tert-OH is 1. The number of carbonyl (C=O) groups excluding carboxylic acids is 1. The third-order valence-electron chi connectivity index (χ3n) is 3.99. The highest BCUT2D eigenvalue weighted by Gasteiger charge is 2.27. The summed E-state index contributed by atoms with van der Waals surface area (Å²) < 4.78 is 0. The van der Waals surface area contributed by atoms with Gasteiger partial charge in [-0.2, -0.15) is 0 Å². The van der Waals surface area contributed by atoms with Crippen LogP contribution in [0.4, 0.5) is 5.69 Å². The first-order valence-electron chi connectivity index (χ1n) is 7.31. The predicted molar refractivity (Wildman–Crippen MR) is 80.7 cm³/mol. The second kappa shape index (κ2) is 6.86. The summed E-state index contributed by atoms with van der Waals surface area (Å²) in [6.07, 6.45) is 3.72. The SMILES string of the molecule is Cc1ccc(NC(=O)CN(C)C2CCCCC2O)cc1. The molecule has 1 aromatic carbocycles. The van der Waals surface area contributed by atoms with Gasteiger partial charge in [0.1, 0.15) is 0 Å². The van der Waals surface area contributed by atoms with Gasteiger partial charge in [0.15, 0.2) is 0 Å². The van der Waals surface area contributed by atoms with Crippen LogP contribution in [0, 0.1) is 6.92 Å². The highest BCUT2D eigenvalue weighted by atomic mass is 16.3. The number of aliphatic hydroxyl groups is 1. The molecule has 0 aliphatic heterocycles. The van der Waals surface area contributed by atoms with E-state index < -0.39 is 0 Å². The van der Waals surface area contributed by atoms with Gasteiger partial charge in [0.2, 0.25) is 5.91 Å². The van der Waals surface area contributed by atoms with Crippen LogP contribution >= 0.6 is 0 Å². The highest BCUT2D eigenvalue weighted by molar-refractivity contribution is 5.92. The van der Waals surface area contributed by atoms with Crippen LogP contribution in [0.25, 0.3) is 0 Å². The number of benzene rings is 1. The molecule has 1 aliphatic carbocycles. The van der Waals surface area contributed by atoms with Gasteiger partial charge in [-0.15, -0.1) is 0 Å². The van der Waals surface area contributed by atoms with Crippen molar-refractivity contribution in [2.24, 2.45) is 0 Å². The summed E-state index contributed by atoms with van der Waals surface area (Å²) in [5, 5.41) is 12.9. The van der Waals surface area contributed by atoms with Gasteiger partial charge in [-0.3, -0.25) is 9.69 Å². The summed E-state index contributed by atoms with van der Waals surface area (Å²) in [4.78, 5) is 14.0. The summed E-state index contributed by atoms with van der Waals surface area (Å²) in [5.41, 5.74) is 1.99. The van der Waals surface area contributed by atoms with Crippen LogP contribution in [-0.4, -0.2) is 41.7 Å². The first-order chi connectivity index (χ1) is 9.56. The number of aryl methyl sites for hydroxylation is 1. The van der Waals surface area contributed by atoms with E-state index >= 15 is 0 Å². The maximum absolute atomic E-state index is 12.0. The Hall–Kier alpha value is -1.39. The van der Waals surface area contributed by atoms with Gasteiger partial charge in [0.25, 0.3) is 0 Å². The molecule has 4 heteroatoms. The zero-order chi connectivity index (χ0) is 14.5. The van der Waals surface area contributed by atoms with Gasteiger partial charge in [-0.05, 0) is 38.9 Å². The molecule has 0 spiro atoms. The van der Waals surface area contributed by atoms with E-state index in [1.54, 1.807) is 0 Å². The molecule has 0 radical (unpaired) electrons. The van der Waals surface area contributed by atoms with Crippen molar-refractivity contribution in [3.63, 3.8) is 0 Å². The van der Waals surface area contributed by atoms with Crippen LogP contribution in [0.5, 0.6) is 0 Å². The van der Waals surface area contributed by atoms with Crippen molar-refractivity contribution in [2.75, 3.05) is 18.9 Å². The van der Waals surface area contributed by atoms with Gasteiger partial charge in [0.05, 0.1) is 12.6 Å². The smallest absolute Gasteiger partial charge is 0.238 e. The fraction of sp³-hybridized carbons (Fsp3) is 0.562. The fourth-order valence-electron chi connectivity index (χ4n) is 2.79. The molecule has 1 aliphatic rings. The molecular weight excluding hydrogens is 252 g/mol. The Kier molecular flexibility index (Phi) is 5.15. The second-order valence-corrected chi connectivity index (χ2v) is 5.75. The number of likely N-dealkylation sites (N-methyl/N-ethyl adjacent to an activating group) is 1. The van der Waals surface area contributed by atoms with Crippen LogP contribution in [0.1, 0.15) is 31.2 Å². The maximum Gasteiger partial charge on any atom is 0.238 e. The Morgan fingerprint density at radius 1 is 1.30 bits per heavy atom. The van der Waals surface area contributed by atoms with Crippen molar-refractivity contribution >= 4 is 11.6 Å². The number of carbonyl (C=O) groups is 1. The molecule has 1 saturated carbocycles. The van der Waals surface area contributed by atoms with Crippen molar-refractivity contribution in [3.8, 4) is 0 Å². The van der Waals surface area contributed by atoms with Crippen LogP contribution in [-0.2, 0) is 4.79 Å². The third-order valence-corrected chi connectivity index (χ3v) is 3.99. The average molecular weight is 276 g/mol. The lowest BCUT2D eigenvalue weighted by molar-refractivity contribution is -0.118. The minimum atomic E-state index is -0.305. The van der Waals surface area contributed by atoms with Crippen molar-refractivity contribution in [1.29, 1.82) is 0 Å². The van der Waals surface area contributed by atoms with Gasteiger partial charge >= 0.3 is 0 Å². The topological polar surface area (TPSA) is 52.6 Å². The van der Waals surface area contributed by atoms with Crippen molar-refractivity contribution in [1.82, 2.24) is 4.90 Å². The maximum atomic E-state index is 12.0. The summed E-state index contributed by atoms with van der Waals surface area (Å²) in [5.74, 6) is -0.0332.